The van der Waals surface area contributed by atoms with Gasteiger partial charge in [-0.3, -0.25) is 0 Å². The molecule has 0 bridgehead atoms. The van der Waals surface area contributed by atoms with E-state index in [1.807, 2.05) is 0 Å². The molecule has 0 aliphatic heterocycles. The first-order valence-corrected chi connectivity index (χ1v) is 8.66. The second-order valence-corrected chi connectivity index (χ2v) is 8.61. The fraction of sp³-hybridized carbons (Fsp3) is 1.00. The molecule has 1 aliphatic rings. The molecular formula is C18H38N2. The van der Waals surface area contributed by atoms with Crippen LogP contribution in [0.25, 0.3) is 0 Å². The maximum Gasteiger partial charge on any atom is 0.00474 e. The molecule has 2 atom stereocenters. The molecule has 20 heavy (non-hydrogen) atoms. The van der Waals surface area contributed by atoms with E-state index < -0.39 is 0 Å². The van der Waals surface area contributed by atoms with Gasteiger partial charge in [0.25, 0.3) is 0 Å². The molecule has 0 heterocycles. The van der Waals surface area contributed by atoms with E-state index in [4.69, 9.17) is 0 Å². The highest BCUT2D eigenvalue weighted by Gasteiger charge is 2.36. The lowest BCUT2D eigenvalue weighted by Gasteiger charge is -2.44. The van der Waals surface area contributed by atoms with Gasteiger partial charge in [-0.15, -0.1) is 0 Å². The summed E-state index contributed by atoms with van der Waals surface area (Å²) in [5, 5.41) is 3.71. The lowest BCUT2D eigenvalue weighted by molar-refractivity contribution is 0.0773. The molecule has 2 unspecified atom stereocenters. The van der Waals surface area contributed by atoms with Crippen molar-refractivity contribution in [2.24, 2.45) is 16.7 Å². The summed E-state index contributed by atoms with van der Waals surface area (Å²) < 4.78 is 0. The van der Waals surface area contributed by atoms with Crippen molar-refractivity contribution in [1.29, 1.82) is 0 Å². The van der Waals surface area contributed by atoms with E-state index in [0.29, 0.717) is 10.8 Å². The quantitative estimate of drug-likeness (QED) is 0.705. The van der Waals surface area contributed by atoms with Crippen LogP contribution >= 0.6 is 0 Å². The molecule has 1 aliphatic carbocycles. The van der Waals surface area contributed by atoms with Crippen LogP contribution in [0.15, 0.2) is 0 Å². The third kappa shape index (κ3) is 6.58. The first kappa shape index (κ1) is 18.0. The van der Waals surface area contributed by atoms with Gasteiger partial charge in [0.2, 0.25) is 0 Å². The first-order valence-electron chi connectivity index (χ1n) is 8.66. The van der Waals surface area contributed by atoms with Crippen molar-refractivity contribution in [3.63, 3.8) is 0 Å². The molecule has 1 fully saturated rings. The topological polar surface area (TPSA) is 15.3 Å². The van der Waals surface area contributed by atoms with E-state index >= 15 is 0 Å². The summed E-state index contributed by atoms with van der Waals surface area (Å²) in [5.74, 6) is 0.898. The zero-order valence-corrected chi connectivity index (χ0v) is 14.9. The molecule has 0 aromatic carbocycles. The van der Waals surface area contributed by atoms with Gasteiger partial charge in [0, 0.05) is 19.6 Å². The maximum absolute atomic E-state index is 3.71. The monoisotopic (exact) mass is 282 g/mol. The molecule has 2 nitrogen and oxygen atoms in total. The van der Waals surface area contributed by atoms with Crippen LogP contribution < -0.4 is 5.32 Å². The van der Waals surface area contributed by atoms with Crippen LogP contribution in [0.3, 0.4) is 0 Å². The van der Waals surface area contributed by atoms with Gasteiger partial charge in [-0.2, -0.15) is 0 Å². The average molecular weight is 283 g/mol. The SMILES string of the molecule is CCCNCC1(CN(C)CC(C)(C)C)CCCC(C)C1. The predicted molar refractivity (Wildman–Crippen MR) is 90.2 cm³/mol. The Bertz CT molecular complexity index is 269. The Morgan fingerprint density at radius 2 is 2.00 bits per heavy atom. The lowest BCUT2D eigenvalue weighted by atomic mass is 9.69. The van der Waals surface area contributed by atoms with Crippen molar-refractivity contribution in [2.75, 3.05) is 33.2 Å². The van der Waals surface area contributed by atoms with E-state index in [0.717, 1.165) is 5.92 Å². The number of nitrogens with zero attached hydrogens (tertiary/aromatic N) is 1. The van der Waals surface area contributed by atoms with Crippen LogP contribution in [0.5, 0.6) is 0 Å². The van der Waals surface area contributed by atoms with Gasteiger partial charge >= 0.3 is 0 Å². The van der Waals surface area contributed by atoms with Crippen LogP contribution in [0, 0.1) is 16.7 Å². The number of rotatable bonds is 7. The Kier molecular flexibility index (Phi) is 7.00. The van der Waals surface area contributed by atoms with Crippen LogP contribution in [-0.4, -0.2) is 38.1 Å². The molecule has 0 spiro atoms. The number of hydrogen-bond acceptors (Lipinski definition) is 2. The fourth-order valence-electron chi connectivity index (χ4n) is 4.10. The number of hydrogen-bond donors (Lipinski definition) is 1. The van der Waals surface area contributed by atoms with Gasteiger partial charge in [-0.1, -0.05) is 47.5 Å². The van der Waals surface area contributed by atoms with Crippen molar-refractivity contribution < 1.29 is 0 Å². The Labute approximate surface area is 127 Å². The van der Waals surface area contributed by atoms with Crippen molar-refractivity contribution in [3.8, 4) is 0 Å². The predicted octanol–water partition coefficient (Wildman–Crippen LogP) is 4.16. The second-order valence-electron chi connectivity index (χ2n) is 8.61. The van der Waals surface area contributed by atoms with E-state index in [2.05, 4.69) is 51.9 Å². The van der Waals surface area contributed by atoms with Gasteiger partial charge in [-0.05, 0) is 49.6 Å². The number of nitrogens with one attached hydrogen (secondary N) is 1. The second kappa shape index (κ2) is 7.79. The standard InChI is InChI=1S/C18H38N2/c1-7-11-19-13-18(10-8-9-16(2)12-18)15-20(6)14-17(3,4)5/h16,19H,7-15H2,1-6H3. The van der Waals surface area contributed by atoms with E-state index in [-0.39, 0.29) is 0 Å². The van der Waals surface area contributed by atoms with Gasteiger partial charge in [0.05, 0.1) is 0 Å². The Morgan fingerprint density at radius 1 is 1.30 bits per heavy atom. The highest BCUT2D eigenvalue weighted by molar-refractivity contribution is 4.90. The van der Waals surface area contributed by atoms with Crippen molar-refractivity contribution >= 4 is 0 Å². The molecule has 120 valence electrons. The largest absolute Gasteiger partial charge is 0.316 e. The smallest absolute Gasteiger partial charge is 0.00474 e. The Morgan fingerprint density at radius 3 is 2.55 bits per heavy atom. The Balaban J connectivity index is 2.61. The van der Waals surface area contributed by atoms with Crippen LogP contribution in [0.1, 0.15) is 66.7 Å². The Hall–Kier alpha value is -0.0800. The molecule has 0 aromatic rings. The zero-order valence-electron chi connectivity index (χ0n) is 14.9. The van der Waals surface area contributed by atoms with Crippen LogP contribution in [0.2, 0.25) is 0 Å². The molecule has 1 saturated carbocycles. The van der Waals surface area contributed by atoms with Gasteiger partial charge in [-0.25, -0.2) is 0 Å². The summed E-state index contributed by atoms with van der Waals surface area (Å²) >= 11 is 0. The minimum atomic E-state index is 0.396. The van der Waals surface area contributed by atoms with Crippen molar-refractivity contribution in [2.45, 2.75) is 66.7 Å². The molecule has 1 N–H and O–H groups in total. The molecule has 0 amide bonds. The van der Waals surface area contributed by atoms with Gasteiger partial charge in [0.15, 0.2) is 0 Å². The van der Waals surface area contributed by atoms with Crippen molar-refractivity contribution in [3.05, 3.63) is 0 Å². The summed E-state index contributed by atoms with van der Waals surface area (Å²) in [5.41, 5.74) is 0.903. The van der Waals surface area contributed by atoms with Gasteiger partial charge < -0.3 is 10.2 Å². The molecular weight excluding hydrogens is 244 g/mol. The normalized spacial score (nSPS) is 28.1. The summed E-state index contributed by atoms with van der Waals surface area (Å²) in [6.07, 6.45) is 6.89. The maximum atomic E-state index is 3.71. The molecule has 0 radical (unpaired) electrons. The van der Waals surface area contributed by atoms with Gasteiger partial charge in [0.1, 0.15) is 0 Å². The lowest BCUT2D eigenvalue weighted by Crippen LogP contribution is -2.47. The summed E-state index contributed by atoms with van der Waals surface area (Å²) in [7, 11) is 2.31. The molecule has 2 heteroatoms. The highest BCUT2D eigenvalue weighted by atomic mass is 15.1. The minimum absolute atomic E-state index is 0.396. The van der Waals surface area contributed by atoms with E-state index in [9.17, 15) is 0 Å². The summed E-state index contributed by atoms with van der Waals surface area (Å²) in [6, 6.07) is 0. The van der Waals surface area contributed by atoms with E-state index in [1.165, 1.54) is 58.3 Å². The summed E-state index contributed by atoms with van der Waals surface area (Å²) in [4.78, 5) is 2.58. The van der Waals surface area contributed by atoms with Crippen LogP contribution in [-0.2, 0) is 0 Å². The molecule has 0 saturated heterocycles. The molecule has 1 rings (SSSR count). The van der Waals surface area contributed by atoms with Crippen molar-refractivity contribution in [1.82, 2.24) is 10.2 Å². The average Bonchev–Trinajstić information content (AvgIpc) is 2.26. The highest BCUT2D eigenvalue weighted by Crippen LogP contribution is 2.39. The third-order valence-corrected chi connectivity index (χ3v) is 4.46. The minimum Gasteiger partial charge on any atom is -0.316 e. The summed E-state index contributed by atoms with van der Waals surface area (Å²) in [6.45, 7) is 16.5. The van der Waals surface area contributed by atoms with Crippen LogP contribution in [0.4, 0.5) is 0 Å². The fourth-order valence-corrected chi connectivity index (χ4v) is 4.10. The third-order valence-electron chi connectivity index (χ3n) is 4.46. The first-order chi connectivity index (χ1) is 9.26. The molecule has 0 aromatic heterocycles. The van der Waals surface area contributed by atoms with E-state index in [1.54, 1.807) is 0 Å². The zero-order chi connectivity index (χ0) is 15.2.